The molecule has 4 atom stereocenters. The highest BCUT2D eigenvalue weighted by molar-refractivity contribution is 5.94. The van der Waals surface area contributed by atoms with Gasteiger partial charge in [0.1, 0.15) is 24.7 Å². The van der Waals surface area contributed by atoms with Crippen LogP contribution in [0.4, 0.5) is 0 Å². The Kier molecular flexibility index (Phi) is 12.5. The number of carbonyl (C=O) groups is 4. The fourth-order valence-electron chi connectivity index (χ4n) is 6.00. The number of nitrogens with zero attached hydrogens (tertiary/aromatic N) is 2. The number of likely N-dealkylation sites (N-methyl/N-ethyl adjacent to an activating group) is 2. The molecule has 0 spiro atoms. The lowest BCUT2D eigenvalue weighted by atomic mass is 9.99. The molecule has 0 aromatic heterocycles. The van der Waals surface area contributed by atoms with Crippen molar-refractivity contribution in [2.75, 3.05) is 20.6 Å². The molecule has 1 aliphatic heterocycles. The number of carbonyl (C=O) groups excluding carboxylic acids is 4. The maximum absolute atomic E-state index is 14.4. The van der Waals surface area contributed by atoms with E-state index in [0.29, 0.717) is 19.4 Å². The Balaban J connectivity index is 1.59. The molecule has 0 saturated carbocycles. The molecule has 0 unspecified atom stereocenters. The molecule has 2 N–H and O–H groups in total. The fraction of sp³-hybridized carbons (Fsp3) is 0.405. The topological polar surface area (TPSA) is 108 Å². The van der Waals surface area contributed by atoms with E-state index in [0.717, 1.165) is 16.7 Å². The molecule has 0 radical (unpaired) electrons. The molecular formula is C37H46N4O5. The van der Waals surface area contributed by atoms with Crippen LogP contribution in [0.5, 0.6) is 0 Å². The van der Waals surface area contributed by atoms with Crippen LogP contribution in [-0.4, -0.2) is 78.3 Å². The molecule has 1 fully saturated rings. The van der Waals surface area contributed by atoms with Gasteiger partial charge in [0, 0.05) is 26.4 Å². The number of nitrogens with one attached hydrogen (secondary N) is 2. The molecule has 4 rings (SSSR count). The van der Waals surface area contributed by atoms with Gasteiger partial charge < -0.3 is 25.2 Å². The van der Waals surface area contributed by atoms with E-state index in [1.54, 1.807) is 19.0 Å². The molecule has 9 nitrogen and oxygen atoms in total. The Hall–Kier alpha value is -4.50. The minimum absolute atomic E-state index is 0.00337. The first-order valence-corrected chi connectivity index (χ1v) is 16.0. The lowest BCUT2D eigenvalue weighted by Crippen LogP contribution is -2.59. The van der Waals surface area contributed by atoms with Gasteiger partial charge in [0.05, 0.1) is 6.04 Å². The molecule has 3 amide bonds. The Bertz CT molecular complexity index is 1430. The predicted molar refractivity (Wildman–Crippen MR) is 177 cm³/mol. The third-order valence-corrected chi connectivity index (χ3v) is 8.56. The number of likely N-dealkylation sites (tertiary alicyclic amines) is 1. The second-order valence-electron chi connectivity index (χ2n) is 12.2. The van der Waals surface area contributed by atoms with Crippen molar-refractivity contribution in [3.05, 3.63) is 108 Å². The maximum atomic E-state index is 14.4. The Morgan fingerprint density at radius 3 is 1.93 bits per heavy atom. The van der Waals surface area contributed by atoms with E-state index in [9.17, 15) is 19.2 Å². The van der Waals surface area contributed by atoms with Crippen LogP contribution in [0.3, 0.4) is 0 Å². The van der Waals surface area contributed by atoms with E-state index < -0.39 is 30.1 Å². The van der Waals surface area contributed by atoms with Gasteiger partial charge in [-0.15, -0.1) is 0 Å². The average Bonchev–Trinajstić information content (AvgIpc) is 3.57. The highest BCUT2D eigenvalue weighted by Crippen LogP contribution is 2.23. The second kappa shape index (κ2) is 16.7. The number of esters is 1. The standard InChI is InChI=1S/C37H46N4O5/c1-26(2)33(38-3)34(42)39-30(23-27-15-8-5-9-16-27)35(43)40(4)32(24-28-17-10-6-11-18-28)36(44)41-22-14-21-31(41)37(45)46-25-29-19-12-7-13-20-29/h5-13,15-20,26,30-33,38H,14,21-25H2,1-4H3,(H,39,42)/t30-,31-,32-,33-/m0/s1. The summed E-state index contributed by atoms with van der Waals surface area (Å²) in [5.41, 5.74) is 2.62. The highest BCUT2D eigenvalue weighted by Gasteiger charge is 2.41. The monoisotopic (exact) mass is 626 g/mol. The van der Waals surface area contributed by atoms with Crippen molar-refractivity contribution in [3.8, 4) is 0 Å². The zero-order valence-corrected chi connectivity index (χ0v) is 27.2. The SMILES string of the molecule is CN[C@H](C(=O)N[C@@H](Cc1ccccc1)C(=O)N(C)[C@@H](Cc1ccccc1)C(=O)N1CCC[C@H]1C(=O)OCc1ccccc1)C(C)C. The van der Waals surface area contributed by atoms with Crippen molar-refractivity contribution in [2.24, 2.45) is 5.92 Å². The van der Waals surface area contributed by atoms with E-state index in [4.69, 9.17) is 4.74 Å². The molecule has 1 aliphatic rings. The van der Waals surface area contributed by atoms with Crippen molar-refractivity contribution in [2.45, 2.75) is 70.3 Å². The van der Waals surface area contributed by atoms with Crippen molar-refractivity contribution in [1.82, 2.24) is 20.4 Å². The number of benzene rings is 3. The van der Waals surface area contributed by atoms with Gasteiger partial charge in [0.2, 0.25) is 17.7 Å². The summed E-state index contributed by atoms with van der Waals surface area (Å²) in [6.45, 7) is 4.38. The van der Waals surface area contributed by atoms with Gasteiger partial charge in [0.25, 0.3) is 0 Å². The summed E-state index contributed by atoms with van der Waals surface area (Å²) in [4.78, 5) is 58.3. The van der Waals surface area contributed by atoms with Gasteiger partial charge in [-0.3, -0.25) is 14.4 Å². The third kappa shape index (κ3) is 9.03. The van der Waals surface area contributed by atoms with Gasteiger partial charge in [-0.1, -0.05) is 105 Å². The van der Waals surface area contributed by atoms with E-state index in [-0.39, 0.29) is 43.1 Å². The molecule has 1 saturated heterocycles. The van der Waals surface area contributed by atoms with Gasteiger partial charge in [-0.2, -0.15) is 0 Å². The summed E-state index contributed by atoms with van der Waals surface area (Å²) in [7, 11) is 3.32. The van der Waals surface area contributed by atoms with Crippen LogP contribution in [0.15, 0.2) is 91.0 Å². The van der Waals surface area contributed by atoms with Gasteiger partial charge in [-0.05, 0) is 42.5 Å². The molecule has 244 valence electrons. The number of amides is 3. The van der Waals surface area contributed by atoms with Crippen molar-refractivity contribution in [1.29, 1.82) is 0 Å². The summed E-state index contributed by atoms with van der Waals surface area (Å²) in [5.74, 6) is -1.45. The maximum Gasteiger partial charge on any atom is 0.329 e. The van der Waals surface area contributed by atoms with Crippen LogP contribution < -0.4 is 10.6 Å². The number of ether oxygens (including phenoxy) is 1. The molecule has 3 aromatic rings. The minimum atomic E-state index is -0.911. The zero-order valence-electron chi connectivity index (χ0n) is 27.2. The normalized spacial score (nSPS) is 16.4. The Morgan fingerprint density at radius 2 is 1.39 bits per heavy atom. The van der Waals surface area contributed by atoms with E-state index in [1.807, 2.05) is 105 Å². The van der Waals surface area contributed by atoms with Gasteiger partial charge in [0.15, 0.2) is 0 Å². The highest BCUT2D eigenvalue weighted by atomic mass is 16.5. The summed E-state index contributed by atoms with van der Waals surface area (Å²) in [6.07, 6.45) is 1.65. The van der Waals surface area contributed by atoms with E-state index in [1.165, 1.54) is 4.90 Å². The molecule has 9 heteroatoms. The van der Waals surface area contributed by atoms with E-state index in [2.05, 4.69) is 10.6 Å². The quantitative estimate of drug-likeness (QED) is 0.264. The van der Waals surface area contributed by atoms with Crippen LogP contribution in [0.25, 0.3) is 0 Å². The van der Waals surface area contributed by atoms with Crippen molar-refractivity contribution >= 4 is 23.7 Å². The largest absolute Gasteiger partial charge is 0.459 e. The first kappa shape index (κ1) is 34.4. The molecule has 1 heterocycles. The van der Waals surface area contributed by atoms with Crippen LogP contribution >= 0.6 is 0 Å². The van der Waals surface area contributed by atoms with Crippen molar-refractivity contribution < 1.29 is 23.9 Å². The summed E-state index contributed by atoms with van der Waals surface area (Å²) < 4.78 is 5.63. The third-order valence-electron chi connectivity index (χ3n) is 8.56. The van der Waals surface area contributed by atoms with Crippen LogP contribution in [0.2, 0.25) is 0 Å². The first-order chi connectivity index (χ1) is 22.2. The molecule has 0 aliphatic carbocycles. The van der Waals surface area contributed by atoms with Gasteiger partial charge in [-0.25, -0.2) is 4.79 Å². The molecule has 46 heavy (non-hydrogen) atoms. The lowest BCUT2D eigenvalue weighted by Gasteiger charge is -2.35. The molecular weight excluding hydrogens is 580 g/mol. The Morgan fingerprint density at radius 1 is 0.848 bits per heavy atom. The number of hydrogen-bond acceptors (Lipinski definition) is 6. The number of hydrogen-bond donors (Lipinski definition) is 2. The summed E-state index contributed by atoms with van der Waals surface area (Å²) in [6, 6.07) is 25.4. The minimum Gasteiger partial charge on any atom is -0.459 e. The van der Waals surface area contributed by atoms with E-state index >= 15 is 0 Å². The smallest absolute Gasteiger partial charge is 0.329 e. The second-order valence-corrected chi connectivity index (χ2v) is 12.2. The van der Waals surface area contributed by atoms with Crippen molar-refractivity contribution in [3.63, 3.8) is 0 Å². The first-order valence-electron chi connectivity index (χ1n) is 16.0. The molecule has 0 bridgehead atoms. The van der Waals surface area contributed by atoms with Crippen LogP contribution in [0, 0.1) is 5.92 Å². The summed E-state index contributed by atoms with van der Waals surface area (Å²) >= 11 is 0. The lowest BCUT2D eigenvalue weighted by molar-refractivity contribution is -0.157. The average molecular weight is 627 g/mol. The molecule has 3 aromatic carbocycles. The number of rotatable bonds is 14. The van der Waals surface area contributed by atoms with Crippen LogP contribution in [-0.2, 0) is 43.4 Å². The predicted octanol–water partition coefficient (Wildman–Crippen LogP) is 3.76. The summed E-state index contributed by atoms with van der Waals surface area (Å²) in [5, 5.41) is 6.02. The fourth-order valence-corrected chi connectivity index (χ4v) is 6.00. The zero-order chi connectivity index (χ0) is 33.1. The van der Waals surface area contributed by atoms with Crippen LogP contribution in [0.1, 0.15) is 43.4 Å². The Labute approximate surface area is 272 Å². The van der Waals surface area contributed by atoms with Gasteiger partial charge >= 0.3 is 5.97 Å².